The third-order valence-corrected chi connectivity index (χ3v) is 4.46. The van der Waals surface area contributed by atoms with Gasteiger partial charge in [-0.2, -0.15) is 0 Å². The maximum atomic E-state index is 12.1. The van der Waals surface area contributed by atoms with Gasteiger partial charge in [0, 0.05) is 23.6 Å². The number of nitrogens with zero attached hydrogens (tertiary/aromatic N) is 1. The highest BCUT2D eigenvalue weighted by atomic mass is 79.9. The maximum absolute atomic E-state index is 12.1. The average molecular weight is 332 g/mol. The van der Waals surface area contributed by atoms with Gasteiger partial charge in [-0.05, 0) is 46.5 Å². The Bertz CT molecular complexity index is 445. The Morgan fingerprint density at radius 1 is 1.44 bits per heavy atom. The second kappa shape index (κ2) is 6.04. The molecule has 1 fully saturated rings. The lowest BCUT2D eigenvalue weighted by Gasteiger charge is -2.30. The molecule has 0 aromatic heterocycles. The van der Waals surface area contributed by atoms with Gasteiger partial charge < -0.3 is 10.6 Å². The van der Waals surface area contributed by atoms with Gasteiger partial charge in [0.05, 0.1) is 11.4 Å². The van der Waals surface area contributed by atoms with Crippen molar-refractivity contribution in [1.82, 2.24) is 4.90 Å². The summed E-state index contributed by atoms with van der Waals surface area (Å²) in [7, 11) is 0. The van der Waals surface area contributed by atoms with E-state index in [0.29, 0.717) is 11.4 Å². The number of piperidine rings is 1. The van der Waals surface area contributed by atoms with Gasteiger partial charge in [-0.1, -0.05) is 17.7 Å². The predicted molar refractivity (Wildman–Crippen MR) is 76.6 cm³/mol. The molecule has 3 nitrogen and oxygen atoms in total. The van der Waals surface area contributed by atoms with Gasteiger partial charge >= 0.3 is 0 Å². The Morgan fingerprint density at radius 2 is 2.11 bits per heavy atom. The van der Waals surface area contributed by atoms with Crippen LogP contribution in [0.4, 0.5) is 0 Å². The molecule has 0 bridgehead atoms. The highest BCUT2D eigenvalue weighted by molar-refractivity contribution is 9.10. The van der Waals surface area contributed by atoms with Crippen LogP contribution in [0, 0.1) is 0 Å². The van der Waals surface area contributed by atoms with Gasteiger partial charge in [-0.25, -0.2) is 0 Å². The van der Waals surface area contributed by atoms with Crippen LogP contribution in [0.2, 0.25) is 5.02 Å². The molecule has 0 atom stereocenters. The van der Waals surface area contributed by atoms with Crippen LogP contribution >= 0.6 is 27.5 Å². The Labute approximate surface area is 120 Å². The lowest BCUT2D eigenvalue weighted by molar-refractivity contribution is -0.131. The minimum absolute atomic E-state index is 0.153. The summed E-state index contributed by atoms with van der Waals surface area (Å²) in [5.41, 5.74) is 6.77. The number of nitrogens with two attached hydrogens (primary N) is 1. The second-order valence-corrected chi connectivity index (χ2v) is 5.90. The number of rotatable bonds is 2. The fourth-order valence-electron chi connectivity index (χ4n) is 2.08. The van der Waals surface area contributed by atoms with Crippen LogP contribution in [0.3, 0.4) is 0 Å². The Hall–Kier alpha value is -0.580. The van der Waals surface area contributed by atoms with Crippen molar-refractivity contribution in [1.29, 1.82) is 0 Å². The van der Waals surface area contributed by atoms with Gasteiger partial charge in [0.2, 0.25) is 5.91 Å². The van der Waals surface area contributed by atoms with Gasteiger partial charge in [0.15, 0.2) is 0 Å². The predicted octanol–water partition coefficient (Wildman–Crippen LogP) is 2.59. The Kier molecular flexibility index (Phi) is 4.65. The van der Waals surface area contributed by atoms with E-state index in [1.807, 2.05) is 23.1 Å². The van der Waals surface area contributed by atoms with E-state index in [1.54, 1.807) is 0 Å². The van der Waals surface area contributed by atoms with E-state index in [0.717, 1.165) is 36.0 Å². The molecule has 18 heavy (non-hydrogen) atoms. The number of carbonyl (C=O) groups is 1. The molecular weight excluding hydrogens is 316 g/mol. The lowest BCUT2D eigenvalue weighted by atomic mass is 10.0. The van der Waals surface area contributed by atoms with Gasteiger partial charge in [0.25, 0.3) is 0 Å². The molecule has 98 valence electrons. The molecule has 1 heterocycles. The minimum Gasteiger partial charge on any atom is -0.342 e. The van der Waals surface area contributed by atoms with Crippen LogP contribution in [-0.2, 0) is 11.2 Å². The molecule has 1 aliphatic rings. The van der Waals surface area contributed by atoms with Crippen molar-refractivity contribution in [2.45, 2.75) is 25.3 Å². The minimum atomic E-state index is 0.153. The first-order valence-corrected chi connectivity index (χ1v) is 7.20. The van der Waals surface area contributed by atoms with Crippen molar-refractivity contribution < 1.29 is 4.79 Å². The summed E-state index contributed by atoms with van der Waals surface area (Å²) in [6.45, 7) is 1.54. The maximum Gasteiger partial charge on any atom is 0.226 e. The molecule has 1 amide bonds. The molecule has 1 aromatic rings. The van der Waals surface area contributed by atoms with Gasteiger partial charge in [-0.15, -0.1) is 0 Å². The number of halogens is 2. The number of likely N-dealkylation sites (tertiary alicyclic amines) is 1. The SMILES string of the molecule is NC1CCN(C(=O)Cc2ccc(Br)c(Cl)c2)CC1. The number of amides is 1. The first-order chi connectivity index (χ1) is 8.56. The fourth-order valence-corrected chi connectivity index (χ4v) is 2.53. The molecule has 0 unspecified atom stereocenters. The zero-order valence-corrected chi connectivity index (χ0v) is 12.4. The monoisotopic (exact) mass is 330 g/mol. The van der Waals surface area contributed by atoms with Gasteiger partial charge in [-0.3, -0.25) is 4.79 Å². The lowest BCUT2D eigenvalue weighted by Crippen LogP contribution is -2.43. The van der Waals surface area contributed by atoms with E-state index in [-0.39, 0.29) is 11.9 Å². The van der Waals surface area contributed by atoms with Crippen molar-refractivity contribution in [3.8, 4) is 0 Å². The normalized spacial score (nSPS) is 16.9. The summed E-state index contributed by atoms with van der Waals surface area (Å²) in [6.07, 6.45) is 2.20. The first-order valence-electron chi connectivity index (χ1n) is 6.03. The van der Waals surface area contributed by atoms with E-state index >= 15 is 0 Å². The second-order valence-electron chi connectivity index (χ2n) is 4.64. The molecule has 1 aliphatic heterocycles. The summed E-state index contributed by atoms with van der Waals surface area (Å²) < 4.78 is 0.851. The molecule has 0 saturated carbocycles. The quantitative estimate of drug-likeness (QED) is 0.905. The smallest absolute Gasteiger partial charge is 0.226 e. The number of carbonyl (C=O) groups excluding carboxylic acids is 1. The van der Waals surface area contributed by atoms with Crippen LogP contribution in [0.25, 0.3) is 0 Å². The Balaban J connectivity index is 1.96. The standard InChI is InChI=1S/C13H16BrClN2O/c14-11-2-1-9(7-12(11)15)8-13(18)17-5-3-10(16)4-6-17/h1-2,7,10H,3-6,8,16H2. The summed E-state index contributed by atoms with van der Waals surface area (Å²) in [5, 5.41) is 0.640. The van der Waals surface area contributed by atoms with E-state index in [2.05, 4.69) is 15.9 Å². The number of hydrogen-bond acceptors (Lipinski definition) is 2. The topological polar surface area (TPSA) is 46.3 Å². The zero-order chi connectivity index (χ0) is 13.1. The van der Waals surface area contributed by atoms with Crippen molar-refractivity contribution in [2.24, 2.45) is 5.73 Å². The molecule has 0 radical (unpaired) electrons. The molecule has 2 N–H and O–H groups in total. The van der Waals surface area contributed by atoms with E-state index in [4.69, 9.17) is 17.3 Å². The van der Waals surface area contributed by atoms with Crippen molar-refractivity contribution in [3.05, 3.63) is 33.3 Å². The highest BCUT2D eigenvalue weighted by Crippen LogP contribution is 2.23. The summed E-state index contributed by atoms with van der Waals surface area (Å²) >= 11 is 9.35. The molecule has 0 spiro atoms. The van der Waals surface area contributed by atoms with E-state index < -0.39 is 0 Å². The van der Waals surface area contributed by atoms with Crippen molar-refractivity contribution >= 4 is 33.4 Å². The van der Waals surface area contributed by atoms with Crippen molar-refractivity contribution in [2.75, 3.05) is 13.1 Å². The zero-order valence-electron chi connectivity index (χ0n) is 10.0. The summed E-state index contributed by atoms with van der Waals surface area (Å²) in [5.74, 6) is 0.153. The van der Waals surface area contributed by atoms with Crippen molar-refractivity contribution in [3.63, 3.8) is 0 Å². The molecule has 0 aliphatic carbocycles. The highest BCUT2D eigenvalue weighted by Gasteiger charge is 2.20. The molecule has 1 aromatic carbocycles. The van der Waals surface area contributed by atoms with E-state index in [9.17, 15) is 4.79 Å². The van der Waals surface area contributed by atoms with Crippen LogP contribution in [0.15, 0.2) is 22.7 Å². The first kappa shape index (κ1) is 13.8. The Morgan fingerprint density at radius 3 is 2.72 bits per heavy atom. The molecule has 2 rings (SSSR count). The van der Waals surface area contributed by atoms with Crippen LogP contribution < -0.4 is 5.73 Å². The molecular formula is C13H16BrClN2O. The number of benzene rings is 1. The third kappa shape index (κ3) is 3.46. The van der Waals surface area contributed by atoms with Crippen LogP contribution in [0.5, 0.6) is 0 Å². The number of hydrogen-bond donors (Lipinski definition) is 1. The van der Waals surface area contributed by atoms with Crippen LogP contribution in [-0.4, -0.2) is 29.9 Å². The summed E-state index contributed by atoms with van der Waals surface area (Å²) in [6, 6.07) is 5.87. The van der Waals surface area contributed by atoms with Crippen LogP contribution in [0.1, 0.15) is 18.4 Å². The molecule has 5 heteroatoms. The largest absolute Gasteiger partial charge is 0.342 e. The molecule has 1 saturated heterocycles. The average Bonchev–Trinajstić information content (AvgIpc) is 2.34. The summed E-state index contributed by atoms with van der Waals surface area (Å²) in [4.78, 5) is 14.0. The fraction of sp³-hybridized carbons (Fsp3) is 0.462. The van der Waals surface area contributed by atoms with Gasteiger partial charge in [0.1, 0.15) is 0 Å². The van der Waals surface area contributed by atoms with E-state index in [1.165, 1.54) is 0 Å². The third-order valence-electron chi connectivity index (χ3n) is 3.23.